The zero-order chi connectivity index (χ0) is 25.5. The number of amides is 2. The number of hydrogen-bond donors (Lipinski definition) is 2. The van der Waals surface area contributed by atoms with Gasteiger partial charge in [0, 0.05) is 38.2 Å². The molecular formula is C28H43N5O3. The Kier molecular flexibility index (Phi) is 9.10. The first-order valence-corrected chi connectivity index (χ1v) is 13.8. The van der Waals surface area contributed by atoms with Crippen LogP contribution in [0.15, 0.2) is 23.2 Å². The van der Waals surface area contributed by atoms with Gasteiger partial charge in [0.15, 0.2) is 5.96 Å². The summed E-state index contributed by atoms with van der Waals surface area (Å²) in [5.41, 5.74) is 7.95. The van der Waals surface area contributed by atoms with Gasteiger partial charge in [0.05, 0.1) is 18.8 Å². The monoisotopic (exact) mass is 497 g/mol. The van der Waals surface area contributed by atoms with Crippen LogP contribution >= 0.6 is 0 Å². The van der Waals surface area contributed by atoms with Gasteiger partial charge in [0.2, 0.25) is 11.8 Å². The molecule has 1 aromatic carbocycles. The summed E-state index contributed by atoms with van der Waals surface area (Å²) in [6, 6.07) is 5.93. The Labute approximate surface area is 215 Å². The lowest BCUT2D eigenvalue weighted by Crippen LogP contribution is -2.47. The van der Waals surface area contributed by atoms with Crippen molar-refractivity contribution in [2.24, 2.45) is 22.6 Å². The van der Waals surface area contributed by atoms with E-state index in [1.165, 1.54) is 51.4 Å². The Morgan fingerprint density at radius 2 is 1.92 bits per heavy atom. The third kappa shape index (κ3) is 7.14. The van der Waals surface area contributed by atoms with Gasteiger partial charge in [0.1, 0.15) is 5.75 Å². The Hall–Kier alpha value is -2.77. The Balaban J connectivity index is 1.22. The summed E-state index contributed by atoms with van der Waals surface area (Å²) >= 11 is 0. The Bertz CT molecular complexity index is 937. The van der Waals surface area contributed by atoms with E-state index in [0.29, 0.717) is 43.8 Å². The SMILES string of the molecule is CC(NC(=O)CN1Cc2cc(OCCCC(=O)N(C)CC3CCCC3)ccc2N=C1N)C1CCCC1. The normalized spacial score (nSPS) is 19.1. The lowest BCUT2D eigenvalue weighted by Gasteiger charge is -2.29. The molecule has 2 aliphatic carbocycles. The average Bonchev–Trinajstić information content (AvgIpc) is 3.57. The molecule has 1 heterocycles. The van der Waals surface area contributed by atoms with Crippen molar-refractivity contribution in [2.75, 3.05) is 26.7 Å². The van der Waals surface area contributed by atoms with Gasteiger partial charge in [-0.2, -0.15) is 0 Å². The van der Waals surface area contributed by atoms with E-state index in [0.717, 1.165) is 23.5 Å². The molecule has 36 heavy (non-hydrogen) atoms. The van der Waals surface area contributed by atoms with Crippen LogP contribution in [0.25, 0.3) is 0 Å². The molecule has 8 nitrogen and oxygen atoms in total. The van der Waals surface area contributed by atoms with Crippen LogP contribution in [0.5, 0.6) is 5.75 Å². The van der Waals surface area contributed by atoms with Crippen molar-refractivity contribution < 1.29 is 14.3 Å². The fourth-order valence-corrected chi connectivity index (χ4v) is 5.84. The van der Waals surface area contributed by atoms with Crippen LogP contribution in [-0.2, 0) is 16.1 Å². The molecule has 198 valence electrons. The number of aliphatic imine (C=N–C) groups is 1. The average molecular weight is 498 g/mol. The van der Waals surface area contributed by atoms with Crippen LogP contribution in [0, 0.1) is 11.8 Å². The fraction of sp³-hybridized carbons (Fsp3) is 0.679. The van der Waals surface area contributed by atoms with Crippen molar-refractivity contribution in [2.45, 2.75) is 83.7 Å². The molecule has 0 spiro atoms. The van der Waals surface area contributed by atoms with Gasteiger partial charge in [-0.3, -0.25) is 9.59 Å². The molecule has 8 heteroatoms. The van der Waals surface area contributed by atoms with Crippen LogP contribution in [0.3, 0.4) is 0 Å². The quantitative estimate of drug-likeness (QED) is 0.451. The molecule has 0 saturated heterocycles. The molecule has 0 bridgehead atoms. The molecule has 2 saturated carbocycles. The Morgan fingerprint density at radius 3 is 2.67 bits per heavy atom. The summed E-state index contributed by atoms with van der Waals surface area (Å²) in [7, 11) is 1.92. The van der Waals surface area contributed by atoms with Crippen LogP contribution in [-0.4, -0.2) is 60.4 Å². The van der Waals surface area contributed by atoms with Crippen LogP contribution in [0.2, 0.25) is 0 Å². The van der Waals surface area contributed by atoms with E-state index in [4.69, 9.17) is 10.5 Å². The molecule has 3 aliphatic rings. The molecule has 3 N–H and O–H groups in total. The predicted molar refractivity (Wildman–Crippen MR) is 142 cm³/mol. The largest absolute Gasteiger partial charge is 0.494 e. The number of nitrogens with one attached hydrogen (secondary N) is 1. The Morgan fingerprint density at radius 1 is 1.19 bits per heavy atom. The minimum absolute atomic E-state index is 0.0222. The van der Waals surface area contributed by atoms with Gasteiger partial charge in [-0.05, 0) is 69.1 Å². The smallest absolute Gasteiger partial charge is 0.239 e. The van der Waals surface area contributed by atoms with E-state index < -0.39 is 0 Å². The molecule has 1 aromatic rings. The van der Waals surface area contributed by atoms with Crippen molar-refractivity contribution in [1.29, 1.82) is 0 Å². The molecule has 4 rings (SSSR count). The second kappa shape index (κ2) is 12.5. The van der Waals surface area contributed by atoms with Crippen molar-refractivity contribution in [3.63, 3.8) is 0 Å². The predicted octanol–water partition coefficient (Wildman–Crippen LogP) is 3.95. The number of benzene rings is 1. The van der Waals surface area contributed by atoms with Crippen molar-refractivity contribution >= 4 is 23.5 Å². The van der Waals surface area contributed by atoms with Crippen LogP contribution in [0.4, 0.5) is 5.69 Å². The summed E-state index contributed by atoms with van der Waals surface area (Å²) in [6.07, 6.45) is 11.2. The number of ether oxygens (including phenoxy) is 1. The third-order valence-electron chi connectivity index (χ3n) is 8.04. The number of carbonyl (C=O) groups excluding carboxylic acids is 2. The zero-order valence-electron chi connectivity index (χ0n) is 22.0. The maximum absolute atomic E-state index is 12.7. The lowest BCUT2D eigenvalue weighted by atomic mass is 10.00. The third-order valence-corrected chi connectivity index (χ3v) is 8.04. The van der Waals surface area contributed by atoms with Gasteiger partial charge in [-0.1, -0.05) is 25.7 Å². The van der Waals surface area contributed by atoms with Gasteiger partial charge in [-0.25, -0.2) is 4.99 Å². The summed E-state index contributed by atoms with van der Waals surface area (Å²) in [5, 5.41) is 3.15. The lowest BCUT2D eigenvalue weighted by molar-refractivity contribution is -0.130. The fourth-order valence-electron chi connectivity index (χ4n) is 5.84. The zero-order valence-corrected chi connectivity index (χ0v) is 22.0. The first kappa shape index (κ1) is 26.3. The minimum Gasteiger partial charge on any atom is -0.494 e. The van der Waals surface area contributed by atoms with E-state index >= 15 is 0 Å². The number of guanidine groups is 1. The standard InChI is InChI=1S/C28H43N5O3/c1-20(22-10-5-6-11-22)30-26(34)19-33-18-23-16-24(13-14-25(23)31-28(33)29)36-15-7-12-27(35)32(2)17-21-8-3-4-9-21/h13-14,16,20-22H,3-12,15,17-19H2,1-2H3,(H2,29,31)(H,30,34). The number of nitrogens with zero attached hydrogens (tertiary/aromatic N) is 3. The van der Waals surface area contributed by atoms with E-state index in [1.54, 1.807) is 0 Å². The maximum atomic E-state index is 12.7. The number of nitrogens with two attached hydrogens (primary N) is 1. The van der Waals surface area contributed by atoms with Crippen LogP contribution < -0.4 is 15.8 Å². The van der Waals surface area contributed by atoms with Gasteiger partial charge in [-0.15, -0.1) is 0 Å². The highest BCUT2D eigenvalue weighted by Crippen LogP contribution is 2.30. The summed E-state index contributed by atoms with van der Waals surface area (Å²) in [5.74, 6) is 2.52. The van der Waals surface area contributed by atoms with Crippen molar-refractivity contribution in [3.8, 4) is 5.75 Å². The van der Waals surface area contributed by atoms with Gasteiger partial charge in [0.25, 0.3) is 0 Å². The molecule has 1 atom stereocenters. The molecule has 2 fully saturated rings. The highest BCUT2D eigenvalue weighted by atomic mass is 16.5. The maximum Gasteiger partial charge on any atom is 0.239 e. The summed E-state index contributed by atoms with van der Waals surface area (Å²) in [6.45, 7) is 4.16. The second-order valence-electron chi connectivity index (χ2n) is 10.9. The molecule has 2 amide bonds. The first-order valence-electron chi connectivity index (χ1n) is 13.8. The molecule has 1 unspecified atom stereocenters. The highest BCUT2D eigenvalue weighted by molar-refractivity contribution is 5.88. The number of hydrogen-bond acceptors (Lipinski definition) is 6. The molecule has 0 aromatic heterocycles. The van der Waals surface area contributed by atoms with E-state index in [9.17, 15) is 9.59 Å². The molecular weight excluding hydrogens is 454 g/mol. The number of fused-ring (bicyclic) bond motifs is 1. The van der Waals surface area contributed by atoms with E-state index in [-0.39, 0.29) is 24.4 Å². The second-order valence-corrected chi connectivity index (χ2v) is 10.9. The van der Waals surface area contributed by atoms with Crippen LogP contribution in [0.1, 0.15) is 76.7 Å². The topological polar surface area (TPSA) is 100 Å². The van der Waals surface area contributed by atoms with Gasteiger partial charge < -0.3 is 25.6 Å². The van der Waals surface area contributed by atoms with Crippen molar-refractivity contribution in [1.82, 2.24) is 15.1 Å². The summed E-state index contributed by atoms with van der Waals surface area (Å²) in [4.78, 5) is 33.3. The van der Waals surface area contributed by atoms with Crippen molar-refractivity contribution in [3.05, 3.63) is 23.8 Å². The molecule has 0 radical (unpaired) electrons. The minimum atomic E-state index is -0.0222. The number of rotatable bonds is 11. The van der Waals surface area contributed by atoms with E-state index in [2.05, 4.69) is 17.2 Å². The first-order chi connectivity index (χ1) is 17.4. The van der Waals surface area contributed by atoms with E-state index in [1.807, 2.05) is 35.0 Å². The van der Waals surface area contributed by atoms with Gasteiger partial charge >= 0.3 is 0 Å². The highest BCUT2D eigenvalue weighted by Gasteiger charge is 2.25. The molecule has 1 aliphatic heterocycles. The number of carbonyl (C=O) groups is 2. The summed E-state index contributed by atoms with van der Waals surface area (Å²) < 4.78 is 5.94.